The number of aliphatic imine (C=N–C) groups is 1. The Morgan fingerprint density at radius 3 is 2.55 bits per heavy atom. The first-order chi connectivity index (χ1) is 10.6. The van der Waals surface area contributed by atoms with Gasteiger partial charge in [-0.1, -0.05) is 12.1 Å². The smallest absolute Gasteiger partial charge is 0.255 e. The number of nitrogens with zero attached hydrogens (tertiary/aromatic N) is 2. The van der Waals surface area contributed by atoms with Gasteiger partial charge in [0.15, 0.2) is 12.6 Å². The van der Waals surface area contributed by atoms with Crippen molar-refractivity contribution >= 4 is 11.9 Å². The summed E-state index contributed by atoms with van der Waals surface area (Å²) in [6.45, 7) is 3.50. The van der Waals surface area contributed by atoms with Crippen LogP contribution in [0.1, 0.15) is 5.56 Å². The van der Waals surface area contributed by atoms with Gasteiger partial charge in [-0.05, 0) is 24.1 Å². The first-order valence-electron chi connectivity index (χ1n) is 7.28. The third kappa shape index (κ3) is 5.25. The fourth-order valence-electron chi connectivity index (χ4n) is 2.10. The van der Waals surface area contributed by atoms with Gasteiger partial charge in [0.1, 0.15) is 5.75 Å². The molecule has 1 aliphatic rings. The number of carbonyl (C=O) groups excluding carboxylic acids is 1. The maximum absolute atomic E-state index is 10.6. The van der Waals surface area contributed by atoms with E-state index in [1.807, 2.05) is 29.2 Å². The van der Waals surface area contributed by atoms with Gasteiger partial charge in [0, 0.05) is 19.6 Å². The van der Waals surface area contributed by atoms with Gasteiger partial charge in [-0.2, -0.15) is 0 Å². The van der Waals surface area contributed by atoms with E-state index in [1.54, 1.807) is 0 Å². The van der Waals surface area contributed by atoms with Crippen LogP contribution in [0.3, 0.4) is 0 Å². The quantitative estimate of drug-likeness (QED) is 0.557. The molecule has 0 atom stereocenters. The van der Waals surface area contributed by atoms with Crippen LogP contribution < -0.4 is 16.2 Å². The van der Waals surface area contributed by atoms with Crippen molar-refractivity contribution in [3.8, 4) is 5.75 Å². The van der Waals surface area contributed by atoms with Crippen LogP contribution >= 0.6 is 0 Å². The molecule has 0 aliphatic carbocycles. The van der Waals surface area contributed by atoms with E-state index in [9.17, 15) is 4.79 Å². The van der Waals surface area contributed by atoms with Gasteiger partial charge in [0.25, 0.3) is 5.91 Å². The molecule has 7 heteroatoms. The number of hydrogen-bond acceptors (Lipinski definition) is 4. The summed E-state index contributed by atoms with van der Waals surface area (Å²) in [5.41, 5.74) is 12.1. The van der Waals surface area contributed by atoms with E-state index >= 15 is 0 Å². The molecule has 1 aliphatic heterocycles. The van der Waals surface area contributed by atoms with Gasteiger partial charge in [-0.15, -0.1) is 0 Å². The predicted octanol–water partition coefficient (Wildman–Crippen LogP) is -0.260. The Balaban J connectivity index is 1.77. The third-order valence-corrected chi connectivity index (χ3v) is 3.31. The molecule has 1 fully saturated rings. The summed E-state index contributed by atoms with van der Waals surface area (Å²) in [5, 5.41) is 0. The Kier molecular flexibility index (Phi) is 6.02. The minimum Gasteiger partial charge on any atom is -0.484 e. The van der Waals surface area contributed by atoms with Gasteiger partial charge in [0.05, 0.1) is 13.2 Å². The van der Waals surface area contributed by atoms with Crippen molar-refractivity contribution in [3.63, 3.8) is 0 Å². The molecule has 1 saturated heterocycles. The van der Waals surface area contributed by atoms with Gasteiger partial charge in [-0.25, -0.2) is 0 Å². The van der Waals surface area contributed by atoms with Crippen LogP contribution in [-0.4, -0.2) is 56.2 Å². The molecule has 7 nitrogen and oxygen atoms in total. The van der Waals surface area contributed by atoms with Crippen molar-refractivity contribution in [3.05, 3.63) is 29.8 Å². The Morgan fingerprint density at radius 2 is 1.91 bits per heavy atom. The molecule has 2 rings (SSSR count). The van der Waals surface area contributed by atoms with Crippen LogP contribution in [-0.2, 0) is 16.0 Å². The lowest BCUT2D eigenvalue weighted by Gasteiger charge is -2.27. The zero-order valence-corrected chi connectivity index (χ0v) is 12.5. The third-order valence-electron chi connectivity index (χ3n) is 3.31. The summed E-state index contributed by atoms with van der Waals surface area (Å²) in [5.74, 6) is 0.709. The maximum atomic E-state index is 10.6. The lowest BCUT2D eigenvalue weighted by Crippen LogP contribution is -2.44. The molecule has 1 aromatic rings. The molecule has 0 saturated carbocycles. The monoisotopic (exact) mass is 306 g/mol. The van der Waals surface area contributed by atoms with E-state index in [2.05, 4.69) is 4.99 Å². The number of morpholine rings is 1. The first kappa shape index (κ1) is 16.1. The number of hydrogen-bond donors (Lipinski definition) is 2. The molecule has 0 bridgehead atoms. The Labute approximate surface area is 129 Å². The van der Waals surface area contributed by atoms with Gasteiger partial charge in [0.2, 0.25) is 0 Å². The van der Waals surface area contributed by atoms with E-state index < -0.39 is 5.91 Å². The zero-order valence-electron chi connectivity index (χ0n) is 12.5. The van der Waals surface area contributed by atoms with E-state index in [4.69, 9.17) is 20.9 Å². The van der Waals surface area contributed by atoms with Crippen molar-refractivity contribution in [2.24, 2.45) is 16.5 Å². The average Bonchev–Trinajstić information content (AvgIpc) is 2.55. The van der Waals surface area contributed by atoms with Gasteiger partial charge < -0.3 is 25.8 Å². The maximum Gasteiger partial charge on any atom is 0.255 e. The molecule has 120 valence electrons. The summed E-state index contributed by atoms with van der Waals surface area (Å²) in [7, 11) is 0. The highest BCUT2D eigenvalue weighted by molar-refractivity contribution is 5.78. The van der Waals surface area contributed by atoms with Crippen LogP contribution in [0.4, 0.5) is 0 Å². The summed E-state index contributed by atoms with van der Waals surface area (Å²) in [6, 6.07) is 7.51. The number of primary amides is 1. The minimum absolute atomic E-state index is 0.111. The van der Waals surface area contributed by atoms with Gasteiger partial charge in [-0.3, -0.25) is 9.79 Å². The molecule has 0 unspecified atom stereocenters. The molecule has 22 heavy (non-hydrogen) atoms. The molecule has 1 heterocycles. The van der Waals surface area contributed by atoms with Crippen molar-refractivity contribution in [2.45, 2.75) is 6.42 Å². The topological polar surface area (TPSA) is 103 Å². The van der Waals surface area contributed by atoms with Crippen LogP contribution in [0.25, 0.3) is 0 Å². The van der Waals surface area contributed by atoms with Crippen LogP contribution in [0.2, 0.25) is 0 Å². The highest BCUT2D eigenvalue weighted by Crippen LogP contribution is 2.12. The predicted molar refractivity (Wildman–Crippen MR) is 83.7 cm³/mol. The van der Waals surface area contributed by atoms with Crippen molar-refractivity contribution in [1.82, 2.24) is 4.90 Å². The van der Waals surface area contributed by atoms with Crippen molar-refractivity contribution in [2.75, 3.05) is 39.5 Å². The summed E-state index contributed by atoms with van der Waals surface area (Å²) in [6.07, 6.45) is 0.793. The highest BCUT2D eigenvalue weighted by Gasteiger charge is 2.11. The van der Waals surface area contributed by atoms with Crippen molar-refractivity contribution in [1.29, 1.82) is 0 Å². The number of carbonyl (C=O) groups is 1. The lowest BCUT2D eigenvalue weighted by atomic mass is 10.1. The summed E-state index contributed by atoms with van der Waals surface area (Å²) in [4.78, 5) is 17.1. The second-order valence-corrected chi connectivity index (χ2v) is 4.99. The SMILES string of the molecule is NC(=O)COc1ccc(CCN=C(N)N2CCOCC2)cc1. The van der Waals surface area contributed by atoms with Crippen molar-refractivity contribution < 1.29 is 14.3 Å². The number of benzene rings is 1. The molecule has 0 radical (unpaired) electrons. The fraction of sp³-hybridized carbons (Fsp3) is 0.467. The van der Waals surface area contributed by atoms with E-state index in [-0.39, 0.29) is 6.61 Å². The average molecular weight is 306 g/mol. The van der Waals surface area contributed by atoms with Crippen LogP contribution in [0.15, 0.2) is 29.3 Å². The Bertz CT molecular complexity index is 510. The molecule has 1 amide bonds. The summed E-state index contributed by atoms with van der Waals surface area (Å²) >= 11 is 0. The lowest BCUT2D eigenvalue weighted by molar-refractivity contribution is -0.119. The fourth-order valence-corrected chi connectivity index (χ4v) is 2.10. The molecule has 0 spiro atoms. The Morgan fingerprint density at radius 1 is 1.23 bits per heavy atom. The highest BCUT2D eigenvalue weighted by atomic mass is 16.5. The van der Waals surface area contributed by atoms with Gasteiger partial charge >= 0.3 is 0 Å². The number of rotatable bonds is 6. The minimum atomic E-state index is -0.489. The molecule has 0 aromatic heterocycles. The normalized spacial score (nSPS) is 15.6. The van der Waals surface area contributed by atoms with Crippen LogP contribution in [0, 0.1) is 0 Å². The molecule has 4 N–H and O–H groups in total. The van der Waals surface area contributed by atoms with E-state index in [0.717, 1.165) is 25.1 Å². The molecule has 1 aromatic carbocycles. The molecular formula is C15H22N4O3. The second kappa shape index (κ2) is 8.23. The van der Waals surface area contributed by atoms with E-state index in [0.29, 0.717) is 31.5 Å². The standard InChI is InChI=1S/C15H22N4O3/c16-14(20)11-22-13-3-1-12(2-4-13)5-6-18-15(17)19-7-9-21-10-8-19/h1-4H,5-11H2,(H2,16,20)(H2,17,18). The number of ether oxygens (including phenoxy) is 2. The van der Waals surface area contributed by atoms with Crippen LogP contribution in [0.5, 0.6) is 5.75 Å². The second-order valence-electron chi connectivity index (χ2n) is 4.99. The number of amides is 1. The number of nitrogens with two attached hydrogens (primary N) is 2. The Hall–Kier alpha value is -2.28. The molecular weight excluding hydrogens is 284 g/mol. The van der Waals surface area contributed by atoms with E-state index in [1.165, 1.54) is 0 Å². The summed E-state index contributed by atoms with van der Waals surface area (Å²) < 4.78 is 10.5. The number of guanidine groups is 1. The first-order valence-corrected chi connectivity index (χ1v) is 7.28. The zero-order chi connectivity index (χ0) is 15.8. The largest absolute Gasteiger partial charge is 0.484 e.